The number of hydrogen-bond acceptors (Lipinski definition) is 5. The fourth-order valence-electron chi connectivity index (χ4n) is 3.44. The van der Waals surface area contributed by atoms with Crippen LogP contribution in [0, 0.1) is 0 Å². The van der Waals surface area contributed by atoms with Gasteiger partial charge in [-0.25, -0.2) is 0 Å². The van der Waals surface area contributed by atoms with Crippen LogP contribution in [0.25, 0.3) is 0 Å². The summed E-state index contributed by atoms with van der Waals surface area (Å²) in [5.41, 5.74) is 1.96. The molecule has 1 saturated heterocycles. The van der Waals surface area contributed by atoms with Crippen LogP contribution in [0.3, 0.4) is 0 Å². The lowest BCUT2D eigenvalue weighted by atomic mass is 9.98. The lowest BCUT2D eigenvalue weighted by molar-refractivity contribution is -0.123. The number of carbonyl (C=O) groups is 1. The molecule has 2 N–H and O–H groups in total. The summed E-state index contributed by atoms with van der Waals surface area (Å²) in [4.78, 5) is 14.8. The Bertz CT molecular complexity index is 706. The number of nitrogens with zero attached hydrogens (tertiary/aromatic N) is 1. The third kappa shape index (κ3) is 5.24. The molecule has 1 aliphatic heterocycles. The first-order valence-electron chi connectivity index (χ1n) is 9.56. The number of likely N-dealkylation sites (tertiary alicyclic amines) is 1. The van der Waals surface area contributed by atoms with Crippen LogP contribution < -0.4 is 14.8 Å². The molecule has 6 heteroatoms. The molecule has 1 aliphatic rings. The fraction of sp³-hybridized carbons (Fsp3) is 0.409. The summed E-state index contributed by atoms with van der Waals surface area (Å²) in [7, 11) is 3.26. The number of carbonyl (C=O) groups excluding carboxylic acids is 1. The van der Waals surface area contributed by atoms with Crippen LogP contribution >= 0.6 is 0 Å². The largest absolute Gasteiger partial charge is 0.497 e. The number of piperidine rings is 1. The summed E-state index contributed by atoms with van der Waals surface area (Å²) >= 11 is 0. The quantitative estimate of drug-likeness (QED) is 0.767. The van der Waals surface area contributed by atoms with Crippen molar-refractivity contribution in [2.24, 2.45) is 0 Å². The van der Waals surface area contributed by atoms with E-state index in [0.717, 1.165) is 35.7 Å². The molecule has 1 amide bonds. The van der Waals surface area contributed by atoms with Crippen molar-refractivity contribution < 1.29 is 19.4 Å². The Labute approximate surface area is 166 Å². The normalized spacial score (nSPS) is 15.4. The molecule has 2 aromatic rings. The molecule has 1 heterocycles. The van der Waals surface area contributed by atoms with Gasteiger partial charge in [0.2, 0.25) is 5.91 Å². The van der Waals surface area contributed by atoms with Gasteiger partial charge in [-0.05, 0) is 48.2 Å². The zero-order valence-corrected chi connectivity index (χ0v) is 16.4. The Morgan fingerprint density at radius 2 is 1.46 bits per heavy atom. The van der Waals surface area contributed by atoms with Gasteiger partial charge >= 0.3 is 0 Å². The topological polar surface area (TPSA) is 71.0 Å². The molecule has 2 aromatic carbocycles. The molecule has 1 fully saturated rings. The van der Waals surface area contributed by atoms with Crippen molar-refractivity contribution in [2.75, 3.05) is 33.9 Å². The van der Waals surface area contributed by atoms with Crippen LogP contribution in [-0.2, 0) is 4.79 Å². The minimum Gasteiger partial charge on any atom is -0.497 e. The van der Waals surface area contributed by atoms with Crippen molar-refractivity contribution >= 4 is 5.91 Å². The van der Waals surface area contributed by atoms with E-state index in [2.05, 4.69) is 10.2 Å². The van der Waals surface area contributed by atoms with Gasteiger partial charge in [0.15, 0.2) is 0 Å². The third-order valence-corrected chi connectivity index (χ3v) is 5.13. The van der Waals surface area contributed by atoms with Crippen molar-refractivity contribution in [1.82, 2.24) is 10.2 Å². The highest BCUT2D eigenvalue weighted by Crippen LogP contribution is 2.26. The molecule has 0 atom stereocenters. The number of aliphatic hydroxyl groups is 1. The predicted octanol–water partition coefficient (Wildman–Crippen LogP) is 2.37. The number of methoxy groups -OCH3 is 2. The van der Waals surface area contributed by atoms with E-state index < -0.39 is 0 Å². The molecule has 0 radical (unpaired) electrons. The van der Waals surface area contributed by atoms with E-state index in [1.165, 1.54) is 0 Å². The Hall–Kier alpha value is -2.57. The Morgan fingerprint density at radius 1 is 1.00 bits per heavy atom. The van der Waals surface area contributed by atoms with Gasteiger partial charge < -0.3 is 19.9 Å². The van der Waals surface area contributed by atoms with Crippen LogP contribution in [-0.4, -0.2) is 55.9 Å². The molecule has 0 spiro atoms. The molecule has 0 aromatic heterocycles. The van der Waals surface area contributed by atoms with Gasteiger partial charge in [-0.3, -0.25) is 9.69 Å². The van der Waals surface area contributed by atoms with Gasteiger partial charge in [-0.2, -0.15) is 0 Å². The smallest absolute Gasteiger partial charge is 0.234 e. The van der Waals surface area contributed by atoms with Crippen LogP contribution in [0.2, 0.25) is 0 Å². The molecule has 6 nitrogen and oxygen atoms in total. The highest BCUT2D eigenvalue weighted by molar-refractivity contribution is 5.79. The van der Waals surface area contributed by atoms with Crippen molar-refractivity contribution in [2.45, 2.75) is 25.0 Å². The highest BCUT2D eigenvalue weighted by Gasteiger charge is 2.22. The molecule has 0 aliphatic carbocycles. The van der Waals surface area contributed by atoms with Gasteiger partial charge in [0.1, 0.15) is 11.5 Å². The molecule has 28 heavy (non-hydrogen) atoms. The minimum absolute atomic E-state index is 0.0342. The number of nitrogens with one attached hydrogen (secondary N) is 1. The third-order valence-electron chi connectivity index (χ3n) is 5.13. The van der Waals surface area contributed by atoms with E-state index in [-0.39, 0.29) is 18.1 Å². The van der Waals surface area contributed by atoms with E-state index >= 15 is 0 Å². The van der Waals surface area contributed by atoms with Gasteiger partial charge in [0.25, 0.3) is 0 Å². The lowest BCUT2D eigenvalue weighted by Crippen LogP contribution is -2.43. The van der Waals surface area contributed by atoms with Crippen LogP contribution in [0.1, 0.15) is 30.0 Å². The monoisotopic (exact) mass is 384 g/mol. The van der Waals surface area contributed by atoms with Crippen LogP contribution in [0.4, 0.5) is 0 Å². The zero-order valence-electron chi connectivity index (χ0n) is 16.4. The van der Waals surface area contributed by atoms with E-state index in [1.807, 2.05) is 48.5 Å². The molecular formula is C22H28N2O4. The van der Waals surface area contributed by atoms with Gasteiger partial charge in [-0.1, -0.05) is 24.3 Å². The van der Waals surface area contributed by atoms with E-state index in [0.29, 0.717) is 19.4 Å². The van der Waals surface area contributed by atoms with Gasteiger partial charge in [0.05, 0.1) is 32.9 Å². The first kappa shape index (κ1) is 20.2. The van der Waals surface area contributed by atoms with E-state index in [9.17, 15) is 9.90 Å². The second-order valence-corrected chi connectivity index (χ2v) is 7.05. The minimum atomic E-state index is -0.264. The second kappa shape index (κ2) is 9.57. The Kier molecular flexibility index (Phi) is 6.90. The number of benzene rings is 2. The fourth-order valence-corrected chi connectivity index (χ4v) is 3.44. The molecule has 3 rings (SSSR count). The zero-order chi connectivity index (χ0) is 19.9. The maximum Gasteiger partial charge on any atom is 0.234 e. The Balaban J connectivity index is 1.75. The summed E-state index contributed by atoms with van der Waals surface area (Å²) in [6.45, 7) is 1.81. The standard InChI is InChI=1S/C22H28N2O4/c1-27-19-7-3-16(4-8-19)22(17-5-9-20(28-2)10-6-17)23-21(26)15-24-13-11-18(25)12-14-24/h3-10,18,22,25H,11-15H2,1-2H3,(H,23,26). The predicted molar refractivity (Wildman–Crippen MR) is 108 cm³/mol. The van der Waals surface area contributed by atoms with Crippen molar-refractivity contribution in [3.05, 3.63) is 59.7 Å². The van der Waals surface area contributed by atoms with Crippen molar-refractivity contribution in [1.29, 1.82) is 0 Å². The highest BCUT2D eigenvalue weighted by atomic mass is 16.5. The molecule has 0 saturated carbocycles. The summed E-state index contributed by atoms with van der Waals surface area (Å²) in [5, 5.41) is 12.8. The second-order valence-electron chi connectivity index (χ2n) is 7.05. The number of amides is 1. The first-order chi connectivity index (χ1) is 13.6. The summed E-state index contributed by atoms with van der Waals surface area (Å²) in [6, 6.07) is 15.2. The molecule has 0 bridgehead atoms. The molecule has 150 valence electrons. The summed E-state index contributed by atoms with van der Waals surface area (Å²) in [6.07, 6.45) is 1.19. The van der Waals surface area contributed by atoms with Crippen LogP contribution in [0.15, 0.2) is 48.5 Å². The molecule has 0 unspecified atom stereocenters. The van der Waals surface area contributed by atoms with Gasteiger partial charge in [-0.15, -0.1) is 0 Å². The lowest BCUT2D eigenvalue weighted by Gasteiger charge is -2.29. The van der Waals surface area contributed by atoms with E-state index in [1.54, 1.807) is 14.2 Å². The molecular weight excluding hydrogens is 356 g/mol. The summed E-state index contributed by atoms with van der Waals surface area (Å²) in [5.74, 6) is 1.51. The average Bonchev–Trinajstić information content (AvgIpc) is 2.74. The average molecular weight is 384 g/mol. The summed E-state index contributed by atoms with van der Waals surface area (Å²) < 4.78 is 10.5. The van der Waals surface area contributed by atoms with E-state index in [4.69, 9.17) is 9.47 Å². The van der Waals surface area contributed by atoms with Crippen LogP contribution in [0.5, 0.6) is 11.5 Å². The maximum absolute atomic E-state index is 12.7. The van der Waals surface area contributed by atoms with Crippen molar-refractivity contribution in [3.8, 4) is 11.5 Å². The maximum atomic E-state index is 12.7. The Morgan fingerprint density at radius 3 is 1.89 bits per heavy atom. The number of hydrogen-bond donors (Lipinski definition) is 2. The number of rotatable bonds is 7. The number of ether oxygens (including phenoxy) is 2. The van der Waals surface area contributed by atoms with Gasteiger partial charge in [0, 0.05) is 13.1 Å². The first-order valence-corrected chi connectivity index (χ1v) is 9.56. The number of aliphatic hydroxyl groups excluding tert-OH is 1. The van der Waals surface area contributed by atoms with Crippen molar-refractivity contribution in [3.63, 3.8) is 0 Å². The SMILES string of the molecule is COc1ccc(C(NC(=O)CN2CCC(O)CC2)c2ccc(OC)cc2)cc1.